The smallest absolute Gasteiger partial charge is 0.315 e. The highest BCUT2D eigenvalue weighted by Crippen LogP contribution is 2.20. The van der Waals surface area contributed by atoms with E-state index in [4.69, 9.17) is 4.74 Å². The van der Waals surface area contributed by atoms with Gasteiger partial charge in [-0.05, 0) is 25.3 Å². The fraction of sp³-hybridized carbons (Fsp3) is 0.533. The van der Waals surface area contributed by atoms with Crippen LogP contribution in [0.25, 0.3) is 0 Å². The number of carbonyl (C=O) groups excluding carboxylic acids is 1. The Hall–Kier alpha value is -1.93. The number of aromatic nitrogens is 3. The predicted octanol–water partition coefficient (Wildman–Crippen LogP) is 1.93. The topological polar surface area (TPSA) is 91.9 Å². The van der Waals surface area contributed by atoms with Crippen molar-refractivity contribution in [1.29, 1.82) is 0 Å². The molecule has 0 aliphatic heterocycles. The van der Waals surface area contributed by atoms with Crippen molar-refractivity contribution in [1.82, 2.24) is 25.8 Å². The molecule has 0 fully saturated rings. The lowest BCUT2D eigenvalue weighted by Gasteiger charge is -2.22. The summed E-state index contributed by atoms with van der Waals surface area (Å²) >= 11 is 1.54. The summed E-state index contributed by atoms with van der Waals surface area (Å²) in [6, 6.07) is -0.0187. The van der Waals surface area contributed by atoms with Gasteiger partial charge in [0.2, 0.25) is 0 Å². The predicted molar refractivity (Wildman–Crippen MR) is 87.3 cm³/mol. The number of aromatic amines is 1. The van der Waals surface area contributed by atoms with Crippen LogP contribution < -0.4 is 10.6 Å². The van der Waals surface area contributed by atoms with E-state index in [9.17, 15) is 4.79 Å². The SMILES string of the molecule is COC(C)c1nc(CNC(=O)NC2CCc3cn[nH]c3C2)cs1. The van der Waals surface area contributed by atoms with Crippen molar-refractivity contribution in [3.05, 3.63) is 33.5 Å². The number of nitrogens with zero attached hydrogens (tertiary/aromatic N) is 2. The lowest BCUT2D eigenvalue weighted by molar-refractivity contribution is 0.119. The average molecular weight is 335 g/mol. The van der Waals surface area contributed by atoms with Gasteiger partial charge < -0.3 is 15.4 Å². The summed E-state index contributed by atoms with van der Waals surface area (Å²) in [5.41, 5.74) is 3.23. The van der Waals surface area contributed by atoms with Gasteiger partial charge in [0.1, 0.15) is 11.1 Å². The molecule has 0 aromatic carbocycles. The zero-order valence-electron chi connectivity index (χ0n) is 13.3. The van der Waals surface area contributed by atoms with Crippen LogP contribution in [0.2, 0.25) is 0 Å². The fourth-order valence-corrected chi connectivity index (χ4v) is 3.48. The number of nitrogens with one attached hydrogen (secondary N) is 3. The number of urea groups is 1. The van der Waals surface area contributed by atoms with E-state index in [2.05, 4.69) is 25.8 Å². The summed E-state index contributed by atoms with van der Waals surface area (Å²) in [7, 11) is 1.66. The zero-order chi connectivity index (χ0) is 16.2. The van der Waals surface area contributed by atoms with Crippen LogP contribution in [-0.2, 0) is 24.1 Å². The molecule has 3 N–H and O–H groups in total. The molecule has 2 atom stereocenters. The van der Waals surface area contributed by atoms with Crippen molar-refractivity contribution >= 4 is 17.4 Å². The molecule has 0 bridgehead atoms. The highest BCUT2D eigenvalue weighted by atomic mass is 32.1. The van der Waals surface area contributed by atoms with Crippen LogP contribution in [0.15, 0.2) is 11.6 Å². The lowest BCUT2D eigenvalue weighted by Crippen LogP contribution is -2.44. The maximum absolute atomic E-state index is 12.0. The van der Waals surface area contributed by atoms with Crippen LogP contribution in [0.3, 0.4) is 0 Å². The molecular weight excluding hydrogens is 314 g/mol. The molecule has 2 heterocycles. The number of H-pyrrole nitrogens is 1. The van der Waals surface area contributed by atoms with Crippen molar-refractivity contribution < 1.29 is 9.53 Å². The number of amides is 2. The molecule has 124 valence electrons. The van der Waals surface area contributed by atoms with Gasteiger partial charge in [0.25, 0.3) is 0 Å². The highest BCUT2D eigenvalue weighted by Gasteiger charge is 2.21. The van der Waals surface area contributed by atoms with E-state index >= 15 is 0 Å². The second kappa shape index (κ2) is 7.10. The van der Waals surface area contributed by atoms with Gasteiger partial charge in [0, 0.05) is 30.6 Å². The molecule has 23 heavy (non-hydrogen) atoms. The molecule has 3 rings (SSSR count). The maximum atomic E-state index is 12.0. The number of fused-ring (bicyclic) bond motifs is 1. The van der Waals surface area contributed by atoms with Crippen LogP contribution >= 0.6 is 11.3 Å². The Balaban J connectivity index is 1.46. The molecule has 1 aliphatic carbocycles. The van der Waals surface area contributed by atoms with E-state index in [1.54, 1.807) is 18.4 Å². The second-order valence-electron chi connectivity index (χ2n) is 5.70. The summed E-state index contributed by atoms with van der Waals surface area (Å²) in [4.78, 5) is 16.5. The molecular formula is C15H21N5O2S. The number of hydrogen-bond acceptors (Lipinski definition) is 5. The van der Waals surface area contributed by atoms with Gasteiger partial charge in [-0.25, -0.2) is 9.78 Å². The van der Waals surface area contributed by atoms with Gasteiger partial charge >= 0.3 is 6.03 Å². The Bertz CT molecular complexity index is 668. The Morgan fingerprint density at radius 3 is 3.30 bits per heavy atom. The van der Waals surface area contributed by atoms with Gasteiger partial charge in [0.15, 0.2) is 0 Å². The Morgan fingerprint density at radius 2 is 2.48 bits per heavy atom. The second-order valence-corrected chi connectivity index (χ2v) is 6.59. The van der Waals surface area contributed by atoms with E-state index < -0.39 is 0 Å². The summed E-state index contributed by atoms with van der Waals surface area (Å²) in [6.07, 6.45) is 4.53. The summed E-state index contributed by atoms with van der Waals surface area (Å²) in [6.45, 7) is 2.37. The minimum absolute atomic E-state index is 0.0200. The summed E-state index contributed by atoms with van der Waals surface area (Å²) in [5, 5.41) is 15.8. The molecule has 0 spiro atoms. The van der Waals surface area contributed by atoms with E-state index in [0.29, 0.717) is 6.54 Å². The van der Waals surface area contributed by atoms with E-state index in [1.165, 1.54) is 5.56 Å². The summed E-state index contributed by atoms with van der Waals surface area (Å²) < 4.78 is 5.24. The number of rotatable bonds is 5. The molecule has 7 nitrogen and oxygen atoms in total. The average Bonchev–Trinajstić information content (AvgIpc) is 3.20. The fourth-order valence-electron chi connectivity index (χ4n) is 2.63. The third-order valence-electron chi connectivity index (χ3n) is 4.06. The van der Waals surface area contributed by atoms with Crippen molar-refractivity contribution in [2.45, 2.75) is 44.9 Å². The molecule has 2 unspecified atom stereocenters. The number of aryl methyl sites for hydroxylation is 1. The third-order valence-corrected chi connectivity index (χ3v) is 5.11. The first-order valence-electron chi connectivity index (χ1n) is 7.68. The van der Waals surface area contributed by atoms with Crippen LogP contribution in [-0.4, -0.2) is 34.4 Å². The molecule has 0 saturated heterocycles. The maximum Gasteiger partial charge on any atom is 0.315 e. The zero-order valence-corrected chi connectivity index (χ0v) is 14.1. The molecule has 2 aromatic rings. The number of carbonyl (C=O) groups is 1. The lowest BCUT2D eigenvalue weighted by atomic mass is 9.94. The van der Waals surface area contributed by atoms with Gasteiger partial charge in [-0.1, -0.05) is 0 Å². The van der Waals surface area contributed by atoms with Gasteiger partial charge in [-0.3, -0.25) is 5.10 Å². The Kier molecular flexibility index (Phi) is 4.92. The van der Waals surface area contributed by atoms with Crippen molar-refractivity contribution in [3.8, 4) is 0 Å². The van der Waals surface area contributed by atoms with Crippen molar-refractivity contribution in [2.75, 3.05) is 7.11 Å². The Labute approximate surface area is 138 Å². The first-order valence-corrected chi connectivity index (χ1v) is 8.56. The van der Waals surface area contributed by atoms with E-state index in [0.717, 1.165) is 35.7 Å². The van der Waals surface area contributed by atoms with Crippen LogP contribution in [0.1, 0.15) is 41.4 Å². The molecule has 1 aliphatic rings. The van der Waals surface area contributed by atoms with E-state index in [-0.39, 0.29) is 18.2 Å². The van der Waals surface area contributed by atoms with Gasteiger partial charge in [-0.2, -0.15) is 5.10 Å². The van der Waals surface area contributed by atoms with E-state index in [1.807, 2.05) is 18.5 Å². The minimum atomic E-state index is -0.160. The standard InChI is InChI=1S/C15H21N5O2S/c1-9(22-2)14-18-12(8-23-14)7-16-15(21)19-11-4-3-10-6-17-20-13(10)5-11/h6,8-9,11H,3-5,7H2,1-2H3,(H,17,20)(H2,16,19,21). The largest absolute Gasteiger partial charge is 0.375 e. The third kappa shape index (κ3) is 3.89. The number of hydrogen-bond donors (Lipinski definition) is 3. The number of methoxy groups -OCH3 is 1. The van der Waals surface area contributed by atoms with Crippen molar-refractivity contribution in [2.24, 2.45) is 0 Å². The monoisotopic (exact) mass is 335 g/mol. The first kappa shape index (κ1) is 15.9. The first-order chi connectivity index (χ1) is 11.2. The quantitative estimate of drug-likeness (QED) is 0.778. The number of ether oxygens (including phenoxy) is 1. The van der Waals surface area contributed by atoms with Crippen molar-refractivity contribution in [3.63, 3.8) is 0 Å². The van der Waals surface area contributed by atoms with Crippen LogP contribution in [0.4, 0.5) is 4.79 Å². The molecule has 8 heteroatoms. The van der Waals surface area contributed by atoms with Crippen LogP contribution in [0, 0.1) is 0 Å². The van der Waals surface area contributed by atoms with Gasteiger partial charge in [-0.15, -0.1) is 11.3 Å². The highest BCUT2D eigenvalue weighted by molar-refractivity contribution is 7.09. The molecule has 0 saturated carbocycles. The molecule has 2 aromatic heterocycles. The number of thiazole rings is 1. The van der Waals surface area contributed by atoms with Gasteiger partial charge in [0.05, 0.1) is 18.4 Å². The molecule has 0 radical (unpaired) electrons. The minimum Gasteiger partial charge on any atom is -0.375 e. The van der Waals surface area contributed by atoms with Crippen LogP contribution in [0.5, 0.6) is 0 Å². The normalized spacial score (nSPS) is 18.3. The Morgan fingerprint density at radius 1 is 1.61 bits per heavy atom. The molecule has 2 amide bonds. The summed E-state index contributed by atoms with van der Waals surface area (Å²) in [5.74, 6) is 0.